The van der Waals surface area contributed by atoms with Gasteiger partial charge in [-0.25, -0.2) is 9.37 Å². The Bertz CT molecular complexity index is 1080. The Hall–Kier alpha value is -3.46. The van der Waals surface area contributed by atoms with E-state index in [9.17, 15) is 9.18 Å². The monoisotopic (exact) mass is 426 g/mol. The van der Waals surface area contributed by atoms with Crippen LogP contribution in [0.5, 0.6) is 5.75 Å². The molecule has 0 fully saturated rings. The third-order valence-corrected chi connectivity index (χ3v) is 4.93. The number of ether oxygens (including phenoxy) is 1. The Morgan fingerprint density at radius 2 is 2.06 bits per heavy atom. The van der Waals surface area contributed by atoms with Gasteiger partial charge in [0, 0.05) is 24.0 Å². The van der Waals surface area contributed by atoms with Gasteiger partial charge in [0.25, 0.3) is 5.91 Å². The summed E-state index contributed by atoms with van der Waals surface area (Å²) in [5.41, 5.74) is 12.5. The lowest BCUT2D eigenvalue weighted by Crippen LogP contribution is -2.30. The molecule has 1 amide bonds. The van der Waals surface area contributed by atoms with Crippen molar-refractivity contribution in [2.24, 2.45) is 11.5 Å². The number of nitrogens with two attached hydrogens (primary N) is 2. The van der Waals surface area contributed by atoms with E-state index in [-0.39, 0.29) is 23.2 Å². The Kier molecular flexibility index (Phi) is 7.19. The second-order valence-corrected chi connectivity index (χ2v) is 7.21. The van der Waals surface area contributed by atoms with Crippen LogP contribution in [-0.4, -0.2) is 35.6 Å². The van der Waals surface area contributed by atoms with Crippen LogP contribution in [0.2, 0.25) is 0 Å². The summed E-state index contributed by atoms with van der Waals surface area (Å²) in [6.45, 7) is 2.41. The van der Waals surface area contributed by atoms with Crippen molar-refractivity contribution < 1.29 is 13.9 Å². The molecule has 0 aliphatic carbocycles. The van der Waals surface area contributed by atoms with Gasteiger partial charge < -0.3 is 26.8 Å². The topological polar surface area (TPSA) is 128 Å². The van der Waals surface area contributed by atoms with E-state index in [0.717, 1.165) is 36.2 Å². The zero-order valence-corrected chi connectivity index (χ0v) is 17.6. The van der Waals surface area contributed by atoms with E-state index in [2.05, 4.69) is 27.5 Å². The predicted octanol–water partition coefficient (Wildman–Crippen LogP) is 3.55. The molecule has 0 unspecified atom stereocenters. The van der Waals surface area contributed by atoms with Crippen LogP contribution in [0.3, 0.4) is 0 Å². The van der Waals surface area contributed by atoms with E-state index >= 15 is 0 Å². The maximum atomic E-state index is 14.6. The largest absolute Gasteiger partial charge is 0.497 e. The number of unbranched alkanes of at least 4 members (excludes halogenated alkanes) is 1. The average Bonchev–Trinajstić information content (AvgIpc) is 2.77. The summed E-state index contributed by atoms with van der Waals surface area (Å²) < 4.78 is 19.8. The van der Waals surface area contributed by atoms with Gasteiger partial charge in [-0.05, 0) is 30.7 Å². The number of aromatic nitrogens is 2. The van der Waals surface area contributed by atoms with Gasteiger partial charge in [-0.15, -0.1) is 0 Å². The van der Waals surface area contributed by atoms with Crippen LogP contribution >= 0.6 is 0 Å². The first-order chi connectivity index (χ1) is 14.9. The molecule has 0 aliphatic rings. The molecule has 1 atom stereocenters. The van der Waals surface area contributed by atoms with Gasteiger partial charge in [0.1, 0.15) is 11.6 Å². The van der Waals surface area contributed by atoms with Crippen LogP contribution in [-0.2, 0) is 0 Å². The van der Waals surface area contributed by atoms with Crippen molar-refractivity contribution >= 4 is 34.1 Å². The zero-order chi connectivity index (χ0) is 22.4. The summed E-state index contributed by atoms with van der Waals surface area (Å²) in [5, 5.41) is 6.92. The lowest BCUT2D eigenvalue weighted by atomic mass is 10.1. The first kappa shape index (κ1) is 22.2. The maximum absolute atomic E-state index is 14.6. The van der Waals surface area contributed by atoms with E-state index in [1.54, 1.807) is 13.3 Å². The fourth-order valence-electron chi connectivity index (χ4n) is 3.20. The number of carbonyl (C=O) groups excluding carboxylic acids is 1. The molecule has 6 N–H and O–H groups in total. The van der Waals surface area contributed by atoms with Crippen molar-refractivity contribution in [2.75, 3.05) is 24.3 Å². The SMILES string of the molecule is CCCC[C@H](CN)Nc1nc(Nc2cnc3cc(OC)ccc3c2)c(C(N)=O)cc1F. The molecular formula is C22H27FN6O2. The van der Waals surface area contributed by atoms with Gasteiger partial charge >= 0.3 is 0 Å². The fraction of sp³-hybridized carbons (Fsp3) is 0.318. The number of halogens is 1. The number of anilines is 3. The number of hydrogen-bond acceptors (Lipinski definition) is 7. The quantitative estimate of drug-likeness (QED) is 0.390. The molecule has 3 rings (SSSR count). The third kappa shape index (κ3) is 5.37. The number of methoxy groups -OCH3 is 1. The first-order valence-electron chi connectivity index (χ1n) is 10.1. The molecular weight excluding hydrogens is 399 g/mol. The molecule has 2 heterocycles. The van der Waals surface area contributed by atoms with Gasteiger partial charge in [0.05, 0.1) is 30.1 Å². The van der Waals surface area contributed by atoms with E-state index in [1.165, 1.54) is 0 Å². The maximum Gasteiger partial charge on any atom is 0.252 e. The highest BCUT2D eigenvalue weighted by molar-refractivity contribution is 5.99. The van der Waals surface area contributed by atoms with E-state index in [4.69, 9.17) is 16.2 Å². The average molecular weight is 426 g/mol. The molecule has 0 saturated heterocycles. The minimum absolute atomic E-state index is 0.0116. The lowest BCUT2D eigenvalue weighted by Gasteiger charge is -2.19. The summed E-state index contributed by atoms with van der Waals surface area (Å²) in [7, 11) is 1.59. The van der Waals surface area contributed by atoms with Crippen LogP contribution < -0.4 is 26.8 Å². The smallest absolute Gasteiger partial charge is 0.252 e. The molecule has 0 spiro atoms. The van der Waals surface area contributed by atoms with Crippen molar-refractivity contribution in [3.8, 4) is 5.75 Å². The second-order valence-electron chi connectivity index (χ2n) is 7.21. The van der Waals surface area contributed by atoms with Crippen LogP contribution in [0, 0.1) is 5.82 Å². The number of nitrogens with zero attached hydrogens (tertiary/aromatic N) is 2. The highest BCUT2D eigenvalue weighted by Gasteiger charge is 2.18. The normalized spacial score (nSPS) is 11.9. The number of carbonyl (C=O) groups is 1. The Labute approximate surface area is 180 Å². The molecule has 3 aromatic rings. The number of hydrogen-bond donors (Lipinski definition) is 4. The molecule has 9 heteroatoms. The van der Waals surface area contributed by atoms with Crippen molar-refractivity contribution in [3.63, 3.8) is 0 Å². The van der Waals surface area contributed by atoms with Gasteiger partial charge in [-0.3, -0.25) is 9.78 Å². The summed E-state index contributed by atoms with van der Waals surface area (Å²) in [5.74, 6) is -0.613. The van der Waals surface area contributed by atoms with E-state index < -0.39 is 11.7 Å². The number of nitrogens with one attached hydrogen (secondary N) is 2. The molecule has 1 aromatic carbocycles. The fourth-order valence-corrected chi connectivity index (χ4v) is 3.20. The molecule has 164 valence electrons. The number of pyridine rings is 2. The summed E-state index contributed by atoms with van der Waals surface area (Å²) >= 11 is 0. The number of amides is 1. The van der Waals surface area contributed by atoms with Crippen molar-refractivity contribution in [1.82, 2.24) is 9.97 Å². The second kappa shape index (κ2) is 10.0. The number of rotatable bonds is 10. The molecule has 2 aromatic heterocycles. The van der Waals surface area contributed by atoms with Crippen LogP contribution in [0.15, 0.2) is 36.5 Å². The predicted molar refractivity (Wildman–Crippen MR) is 120 cm³/mol. The lowest BCUT2D eigenvalue weighted by molar-refractivity contribution is 0.100. The zero-order valence-electron chi connectivity index (χ0n) is 17.6. The Morgan fingerprint density at radius 1 is 1.26 bits per heavy atom. The standard InChI is InChI=1S/C22H27FN6O2/c1-3-4-5-14(11-24)27-22-18(23)10-17(20(25)30)21(29-22)28-15-8-13-6-7-16(31-2)9-19(13)26-12-15/h6-10,12,14H,3-5,11,24H2,1-2H3,(H2,25,30)(H2,27,28,29)/t14-/m1/s1. The molecule has 31 heavy (non-hydrogen) atoms. The van der Waals surface area contributed by atoms with Gasteiger partial charge in [-0.2, -0.15) is 0 Å². The first-order valence-corrected chi connectivity index (χ1v) is 10.1. The molecule has 8 nitrogen and oxygen atoms in total. The summed E-state index contributed by atoms with van der Waals surface area (Å²) in [4.78, 5) is 20.6. The Balaban J connectivity index is 1.93. The number of benzene rings is 1. The molecule has 0 radical (unpaired) electrons. The molecule has 0 saturated carbocycles. The van der Waals surface area contributed by atoms with E-state index in [1.807, 2.05) is 24.3 Å². The van der Waals surface area contributed by atoms with E-state index in [0.29, 0.717) is 18.0 Å². The molecule has 0 bridgehead atoms. The Morgan fingerprint density at radius 3 is 2.74 bits per heavy atom. The number of fused-ring (bicyclic) bond motifs is 1. The highest BCUT2D eigenvalue weighted by atomic mass is 19.1. The van der Waals surface area contributed by atoms with Gasteiger partial charge in [0.15, 0.2) is 11.6 Å². The van der Waals surface area contributed by atoms with Crippen molar-refractivity contribution in [3.05, 3.63) is 47.9 Å². The molecule has 0 aliphatic heterocycles. The third-order valence-electron chi connectivity index (χ3n) is 4.93. The van der Waals surface area contributed by atoms with Crippen molar-refractivity contribution in [2.45, 2.75) is 32.2 Å². The van der Waals surface area contributed by atoms with Gasteiger partial charge in [0.2, 0.25) is 0 Å². The van der Waals surface area contributed by atoms with Crippen LogP contribution in [0.4, 0.5) is 21.7 Å². The van der Waals surface area contributed by atoms with Crippen LogP contribution in [0.1, 0.15) is 36.5 Å². The number of primary amides is 1. The minimum Gasteiger partial charge on any atom is -0.497 e. The highest BCUT2D eigenvalue weighted by Crippen LogP contribution is 2.27. The summed E-state index contributed by atoms with van der Waals surface area (Å²) in [6.07, 6.45) is 4.33. The van der Waals surface area contributed by atoms with Crippen molar-refractivity contribution in [1.29, 1.82) is 0 Å². The minimum atomic E-state index is -0.791. The van der Waals surface area contributed by atoms with Gasteiger partial charge in [-0.1, -0.05) is 19.8 Å². The van der Waals surface area contributed by atoms with Crippen LogP contribution in [0.25, 0.3) is 10.9 Å². The summed E-state index contributed by atoms with van der Waals surface area (Å²) in [6, 6.07) is 8.29.